The molecule has 1 N–H and O–H groups in total. The SMILES string of the molecule is C=CCn1c(SCC(=O)Nc2ncc(Cc3ccc(Br)cc3)s2)nnc1-c1ccc(OC)c(OC)c1. The van der Waals surface area contributed by atoms with E-state index in [1.165, 1.54) is 28.7 Å². The van der Waals surface area contributed by atoms with Crippen molar-refractivity contribution >= 4 is 50.1 Å². The zero-order valence-electron chi connectivity index (χ0n) is 19.7. The number of aromatic nitrogens is 4. The summed E-state index contributed by atoms with van der Waals surface area (Å²) < 4.78 is 13.7. The molecule has 1 amide bonds. The Balaban J connectivity index is 1.40. The molecule has 0 bridgehead atoms. The molecule has 11 heteroatoms. The number of halogens is 1. The molecule has 0 aliphatic rings. The number of benzene rings is 2. The maximum atomic E-state index is 12.6. The predicted octanol–water partition coefficient (Wildman–Crippen LogP) is 5.69. The molecule has 4 aromatic rings. The van der Waals surface area contributed by atoms with E-state index in [2.05, 4.69) is 55.1 Å². The van der Waals surface area contributed by atoms with Gasteiger partial charge < -0.3 is 14.8 Å². The van der Waals surface area contributed by atoms with Crippen LogP contribution in [0.3, 0.4) is 0 Å². The molecule has 2 aromatic heterocycles. The van der Waals surface area contributed by atoms with Crippen LogP contribution in [0, 0.1) is 0 Å². The molecule has 0 saturated heterocycles. The third-order valence-electron chi connectivity index (χ3n) is 5.09. The topological polar surface area (TPSA) is 91.2 Å². The minimum Gasteiger partial charge on any atom is -0.493 e. The van der Waals surface area contributed by atoms with E-state index in [1.807, 2.05) is 34.9 Å². The predicted molar refractivity (Wildman–Crippen MR) is 147 cm³/mol. The van der Waals surface area contributed by atoms with E-state index in [0.29, 0.717) is 34.2 Å². The van der Waals surface area contributed by atoms with Crippen LogP contribution in [-0.2, 0) is 17.8 Å². The first-order chi connectivity index (χ1) is 17.5. The highest BCUT2D eigenvalue weighted by molar-refractivity contribution is 9.10. The van der Waals surface area contributed by atoms with Crippen molar-refractivity contribution in [1.29, 1.82) is 0 Å². The fourth-order valence-corrected chi connectivity index (χ4v) is 5.29. The molecular weight excluding hydrogens is 562 g/mol. The Kier molecular flexibility index (Phi) is 8.79. The molecule has 2 heterocycles. The van der Waals surface area contributed by atoms with E-state index in [0.717, 1.165) is 21.3 Å². The summed E-state index contributed by atoms with van der Waals surface area (Å²) in [5.41, 5.74) is 2.00. The Morgan fingerprint density at radius 2 is 1.94 bits per heavy atom. The van der Waals surface area contributed by atoms with Crippen LogP contribution < -0.4 is 14.8 Å². The number of anilines is 1. The number of allylic oxidation sites excluding steroid dienone is 1. The Labute approximate surface area is 225 Å². The summed E-state index contributed by atoms with van der Waals surface area (Å²) in [5.74, 6) is 1.88. The van der Waals surface area contributed by atoms with Crippen molar-refractivity contribution < 1.29 is 14.3 Å². The van der Waals surface area contributed by atoms with Crippen molar-refractivity contribution in [2.24, 2.45) is 0 Å². The molecule has 2 aromatic carbocycles. The number of thiazole rings is 1. The fourth-order valence-electron chi connectivity index (χ4n) is 3.41. The monoisotopic (exact) mass is 585 g/mol. The number of carbonyl (C=O) groups excluding carboxylic acids is 1. The van der Waals surface area contributed by atoms with Crippen LogP contribution in [0.15, 0.2) is 70.9 Å². The van der Waals surface area contributed by atoms with Crippen LogP contribution in [0.5, 0.6) is 11.5 Å². The summed E-state index contributed by atoms with van der Waals surface area (Å²) in [4.78, 5) is 18.0. The molecule has 4 rings (SSSR count). The molecule has 0 aliphatic carbocycles. The van der Waals surface area contributed by atoms with Crippen molar-refractivity contribution in [1.82, 2.24) is 19.7 Å². The maximum absolute atomic E-state index is 12.6. The number of carbonyl (C=O) groups is 1. The Morgan fingerprint density at radius 1 is 1.17 bits per heavy atom. The van der Waals surface area contributed by atoms with E-state index in [-0.39, 0.29) is 11.7 Å². The van der Waals surface area contributed by atoms with Gasteiger partial charge >= 0.3 is 0 Å². The van der Waals surface area contributed by atoms with Crippen LogP contribution >= 0.6 is 39.0 Å². The van der Waals surface area contributed by atoms with Crippen molar-refractivity contribution in [2.75, 3.05) is 25.3 Å². The van der Waals surface area contributed by atoms with E-state index in [4.69, 9.17) is 9.47 Å². The van der Waals surface area contributed by atoms with Crippen LogP contribution in [0.25, 0.3) is 11.4 Å². The highest BCUT2D eigenvalue weighted by Gasteiger charge is 2.17. The summed E-state index contributed by atoms with van der Waals surface area (Å²) >= 11 is 6.22. The molecule has 0 saturated carbocycles. The Morgan fingerprint density at radius 3 is 2.67 bits per heavy atom. The second-order valence-corrected chi connectivity index (χ2v) is 10.5. The zero-order valence-corrected chi connectivity index (χ0v) is 23.0. The number of hydrogen-bond acceptors (Lipinski definition) is 8. The molecule has 0 fully saturated rings. The fraction of sp³-hybridized carbons (Fsp3) is 0.200. The smallest absolute Gasteiger partial charge is 0.236 e. The maximum Gasteiger partial charge on any atom is 0.236 e. The molecule has 0 radical (unpaired) electrons. The second kappa shape index (κ2) is 12.2. The van der Waals surface area contributed by atoms with Gasteiger partial charge in [-0.1, -0.05) is 45.9 Å². The van der Waals surface area contributed by atoms with Gasteiger partial charge in [0.25, 0.3) is 0 Å². The van der Waals surface area contributed by atoms with Gasteiger partial charge in [-0.15, -0.1) is 28.1 Å². The average Bonchev–Trinajstić information content (AvgIpc) is 3.50. The van der Waals surface area contributed by atoms with Crippen molar-refractivity contribution in [3.8, 4) is 22.9 Å². The van der Waals surface area contributed by atoms with Gasteiger partial charge in [-0.3, -0.25) is 9.36 Å². The molecule has 36 heavy (non-hydrogen) atoms. The Bertz CT molecular complexity index is 1350. The third-order valence-corrected chi connectivity index (χ3v) is 7.50. The van der Waals surface area contributed by atoms with Crippen LogP contribution in [-0.4, -0.2) is 45.6 Å². The van der Waals surface area contributed by atoms with Crippen LogP contribution in [0.4, 0.5) is 5.13 Å². The molecule has 0 spiro atoms. The van der Waals surface area contributed by atoms with Gasteiger partial charge in [0.2, 0.25) is 5.91 Å². The summed E-state index contributed by atoms with van der Waals surface area (Å²) in [5, 5.41) is 12.7. The van der Waals surface area contributed by atoms with Crippen molar-refractivity contribution in [3.05, 3.63) is 76.2 Å². The normalized spacial score (nSPS) is 10.8. The van der Waals surface area contributed by atoms with Crippen LogP contribution in [0.1, 0.15) is 10.4 Å². The van der Waals surface area contributed by atoms with Crippen molar-refractivity contribution in [3.63, 3.8) is 0 Å². The van der Waals surface area contributed by atoms with Gasteiger partial charge in [-0.2, -0.15) is 0 Å². The van der Waals surface area contributed by atoms with Gasteiger partial charge in [0.15, 0.2) is 27.6 Å². The minimum atomic E-state index is -0.162. The summed E-state index contributed by atoms with van der Waals surface area (Å²) in [6.07, 6.45) is 4.32. The zero-order chi connectivity index (χ0) is 25.5. The highest BCUT2D eigenvalue weighted by atomic mass is 79.9. The standard InChI is InChI=1S/C25H24BrN5O3S2/c1-4-11-31-23(17-7-10-20(33-2)21(13-17)34-3)29-30-25(31)35-15-22(32)28-24-27-14-19(36-24)12-16-5-8-18(26)9-6-16/h4-10,13-14H,1,11-12,15H2,2-3H3,(H,27,28,32). The Hall–Kier alpha value is -3.15. The number of nitrogens with zero attached hydrogens (tertiary/aromatic N) is 4. The van der Waals surface area contributed by atoms with Gasteiger partial charge in [0, 0.05) is 34.1 Å². The van der Waals surface area contributed by atoms with Gasteiger partial charge in [-0.05, 0) is 35.9 Å². The first-order valence-electron chi connectivity index (χ1n) is 10.9. The first-order valence-corrected chi connectivity index (χ1v) is 13.5. The lowest BCUT2D eigenvalue weighted by Crippen LogP contribution is -2.14. The van der Waals surface area contributed by atoms with E-state index >= 15 is 0 Å². The lowest BCUT2D eigenvalue weighted by atomic mass is 10.1. The third kappa shape index (κ3) is 6.34. The van der Waals surface area contributed by atoms with E-state index in [9.17, 15) is 4.79 Å². The van der Waals surface area contributed by atoms with Gasteiger partial charge in [-0.25, -0.2) is 4.98 Å². The van der Waals surface area contributed by atoms with Crippen molar-refractivity contribution in [2.45, 2.75) is 18.1 Å². The molecule has 0 aliphatic heterocycles. The number of nitrogens with one attached hydrogen (secondary N) is 1. The number of hydrogen-bond donors (Lipinski definition) is 1. The first kappa shape index (κ1) is 25.9. The number of rotatable bonds is 11. The summed E-state index contributed by atoms with van der Waals surface area (Å²) in [6.45, 7) is 4.33. The number of amides is 1. The van der Waals surface area contributed by atoms with E-state index in [1.54, 1.807) is 26.5 Å². The van der Waals surface area contributed by atoms with Gasteiger partial charge in [0.1, 0.15) is 0 Å². The summed E-state index contributed by atoms with van der Waals surface area (Å²) in [7, 11) is 3.18. The average molecular weight is 587 g/mol. The lowest BCUT2D eigenvalue weighted by Gasteiger charge is -2.11. The number of methoxy groups -OCH3 is 2. The lowest BCUT2D eigenvalue weighted by molar-refractivity contribution is -0.113. The molecule has 186 valence electrons. The minimum absolute atomic E-state index is 0.162. The second-order valence-electron chi connectivity index (χ2n) is 7.55. The number of ether oxygens (including phenoxy) is 2. The highest BCUT2D eigenvalue weighted by Crippen LogP contribution is 2.33. The quantitative estimate of drug-likeness (QED) is 0.178. The molecule has 0 atom stereocenters. The summed E-state index contributed by atoms with van der Waals surface area (Å²) in [6, 6.07) is 13.7. The molecular formula is C25H24BrN5O3S2. The van der Waals surface area contributed by atoms with Crippen LogP contribution in [0.2, 0.25) is 0 Å². The molecule has 0 unspecified atom stereocenters. The largest absolute Gasteiger partial charge is 0.493 e. The number of thioether (sulfide) groups is 1. The van der Waals surface area contributed by atoms with Gasteiger partial charge in [0.05, 0.1) is 20.0 Å². The molecule has 8 nitrogen and oxygen atoms in total. The van der Waals surface area contributed by atoms with E-state index < -0.39 is 0 Å².